The molecule has 2 heterocycles. The van der Waals surface area contributed by atoms with Crippen LogP contribution in [-0.4, -0.2) is 25.4 Å². The summed E-state index contributed by atoms with van der Waals surface area (Å²) in [6.45, 7) is 1.78. The summed E-state index contributed by atoms with van der Waals surface area (Å²) in [4.78, 5) is 0. The zero-order valence-corrected chi connectivity index (χ0v) is 9.47. The van der Waals surface area contributed by atoms with E-state index >= 15 is 0 Å². The Morgan fingerprint density at radius 1 is 1.00 bits per heavy atom. The van der Waals surface area contributed by atoms with Crippen molar-refractivity contribution < 1.29 is 9.47 Å². The van der Waals surface area contributed by atoms with Gasteiger partial charge in [-0.15, -0.1) is 0 Å². The maximum Gasteiger partial charge on any atom is 0.0669 e. The van der Waals surface area contributed by atoms with Crippen LogP contribution in [0, 0.1) is 5.92 Å². The first-order valence-electron chi connectivity index (χ1n) is 6.20. The van der Waals surface area contributed by atoms with Gasteiger partial charge in [-0.3, -0.25) is 0 Å². The van der Waals surface area contributed by atoms with E-state index in [0.717, 1.165) is 26.1 Å². The van der Waals surface area contributed by atoms with Crippen molar-refractivity contribution in [1.29, 1.82) is 0 Å². The Kier molecular flexibility index (Phi) is 2.94. The monoisotopic (exact) mass is 218 g/mol. The van der Waals surface area contributed by atoms with Crippen molar-refractivity contribution in [1.82, 2.24) is 0 Å². The molecule has 2 heteroatoms. The van der Waals surface area contributed by atoms with Crippen LogP contribution in [0.1, 0.15) is 18.4 Å². The summed E-state index contributed by atoms with van der Waals surface area (Å²) in [7, 11) is 0. The summed E-state index contributed by atoms with van der Waals surface area (Å²) < 4.78 is 11.7. The molecular weight excluding hydrogens is 200 g/mol. The molecule has 0 aliphatic carbocycles. The number of rotatable bonds is 2. The number of ether oxygens (including phenoxy) is 2. The fraction of sp³-hybridized carbons (Fsp3) is 0.571. The molecule has 2 saturated heterocycles. The van der Waals surface area contributed by atoms with Gasteiger partial charge in [0.1, 0.15) is 0 Å². The summed E-state index contributed by atoms with van der Waals surface area (Å²) in [6.07, 6.45) is 4.11. The van der Waals surface area contributed by atoms with Crippen molar-refractivity contribution in [2.24, 2.45) is 5.92 Å². The smallest absolute Gasteiger partial charge is 0.0669 e. The number of hydrogen-bond donors (Lipinski definition) is 0. The van der Waals surface area contributed by atoms with E-state index in [1.807, 2.05) is 0 Å². The van der Waals surface area contributed by atoms with Gasteiger partial charge in [0.2, 0.25) is 0 Å². The van der Waals surface area contributed by atoms with Crippen molar-refractivity contribution in [2.75, 3.05) is 13.2 Å². The van der Waals surface area contributed by atoms with E-state index in [1.54, 1.807) is 0 Å². The number of benzene rings is 1. The van der Waals surface area contributed by atoms with E-state index in [1.165, 1.54) is 12.0 Å². The third-order valence-corrected chi connectivity index (χ3v) is 3.75. The zero-order valence-electron chi connectivity index (χ0n) is 9.47. The second-order valence-electron chi connectivity index (χ2n) is 4.75. The van der Waals surface area contributed by atoms with Crippen molar-refractivity contribution >= 4 is 0 Å². The molecule has 2 fully saturated rings. The summed E-state index contributed by atoms with van der Waals surface area (Å²) in [5, 5.41) is 0. The standard InChI is InChI=1S/C14H18O2/c1-2-4-11(5-3-1)10-14-12-6-8-15-13(12)7-9-16-14/h1-5,12-14H,6-10H2/t12-,13+,14+/m1/s1. The number of hydrogen-bond acceptors (Lipinski definition) is 2. The lowest BCUT2D eigenvalue weighted by molar-refractivity contribution is -0.0731. The van der Waals surface area contributed by atoms with Crippen molar-refractivity contribution in [3.05, 3.63) is 35.9 Å². The molecule has 1 aromatic carbocycles. The molecule has 0 bridgehead atoms. The first-order valence-corrected chi connectivity index (χ1v) is 6.20. The highest BCUT2D eigenvalue weighted by Crippen LogP contribution is 2.33. The minimum Gasteiger partial charge on any atom is -0.378 e. The van der Waals surface area contributed by atoms with E-state index in [0.29, 0.717) is 18.1 Å². The third-order valence-electron chi connectivity index (χ3n) is 3.75. The topological polar surface area (TPSA) is 18.5 Å². The van der Waals surface area contributed by atoms with Crippen LogP contribution < -0.4 is 0 Å². The van der Waals surface area contributed by atoms with Gasteiger partial charge in [0.15, 0.2) is 0 Å². The summed E-state index contributed by atoms with van der Waals surface area (Å²) in [5.74, 6) is 0.619. The molecule has 1 aromatic rings. The Morgan fingerprint density at radius 3 is 2.69 bits per heavy atom. The predicted octanol–water partition coefficient (Wildman–Crippen LogP) is 2.42. The molecule has 2 aliphatic heterocycles. The maximum atomic E-state index is 5.92. The molecule has 3 atom stereocenters. The van der Waals surface area contributed by atoms with Crippen LogP contribution in [0.2, 0.25) is 0 Å². The Balaban J connectivity index is 1.70. The fourth-order valence-electron chi connectivity index (χ4n) is 2.90. The highest BCUT2D eigenvalue weighted by molar-refractivity contribution is 5.16. The molecule has 2 nitrogen and oxygen atoms in total. The van der Waals surface area contributed by atoms with Crippen LogP contribution >= 0.6 is 0 Å². The molecule has 0 aromatic heterocycles. The van der Waals surface area contributed by atoms with E-state index in [9.17, 15) is 0 Å². The summed E-state index contributed by atoms with van der Waals surface area (Å²) >= 11 is 0. The highest BCUT2D eigenvalue weighted by atomic mass is 16.5. The Morgan fingerprint density at radius 2 is 1.81 bits per heavy atom. The largest absolute Gasteiger partial charge is 0.378 e. The van der Waals surface area contributed by atoms with Crippen molar-refractivity contribution in [3.8, 4) is 0 Å². The van der Waals surface area contributed by atoms with E-state index < -0.39 is 0 Å². The van der Waals surface area contributed by atoms with Crippen LogP contribution in [0.15, 0.2) is 30.3 Å². The molecule has 0 N–H and O–H groups in total. The molecule has 0 unspecified atom stereocenters. The van der Waals surface area contributed by atoms with Gasteiger partial charge in [-0.25, -0.2) is 0 Å². The molecular formula is C14H18O2. The molecule has 0 radical (unpaired) electrons. The van der Waals surface area contributed by atoms with Gasteiger partial charge in [0.25, 0.3) is 0 Å². The average molecular weight is 218 g/mol. The van der Waals surface area contributed by atoms with Gasteiger partial charge in [0.05, 0.1) is 12.2 Å². The van der Waals surface area contributed by atoms with Gasteiger partial charge in [0, 0.05) is 19.1 Å². The molecule has 0 spiro atoms. The lowest BCUT2D eigenvalue weighted by Gasteiger charge is -2.33. The van der Waals surface area contributed by atoms with Gasteiger partial charge < -0.3 is 9.47 Å². The third kappa shape index (κ3) is 2.00. The molecule has 2 aliphatic rings. The lowest BCUT2D eigenvalue weighted by Crippen LogP contribution is -2.38. The highest BCUT2D eigenvalue weighted by Gasteiger charge is 2.38. The van der Waals surface area contributed by atoms with Crippen LogP contribution in [0.3, 0.4) is 0 Å². The quantitative estimate of drug-likeness (QED) is 0.759. The number of fused-ring (bicyclic) bond motifs is 1. The van der Waals surface area contributed by atoms with E-state index in [-0.39, 0.29) is 0 Å². The van der Waals surface area contributed by atoms with Crippen LogP contribution in [0.25, 0.3) is 0 Å². The first-order chi connectivity index (χ1) is 7.93. The molecule has 86 valence electrons. The Hall–Kier alpha value is -0.860. The van der Waals surface area contributed by atoms with Crippen LogP contribution in [0.4, 0.5) is 0 Å². The molecule has 16 heavy (non-hydrogen) atoms. The maximum absolute atomic E-state index is 5.92. The predicted molar refractivity (Wildman–Crippen MR) is 62.4 cm³/mol. The van der Waals surface area contributed by atoms with Gasteiger partial charge >= 0.3 is 0 Å². The Bertz CT molecular complexity index is 336. The molecule has 0 amide bonds. The molecule has 0 saturated carbocycles. The Labute approximate surface area is 96.6 Å². The van der Waals surface area contributed by atoms with Gasteiger partial charge in [-0.05, 0) is 24.8 Å². The minimum atomic E-state index is 0.364. The van der Waals surface area contributed by atoms with E-state index in [2.05, 4.69) is 30.3 Å². The van der Waals surface area contributed by atoms with E-state index in [4.69, 9.17) is 9.47 Å². The van der Waals surface area contributed by atoms with Crippen molar-refractivity contribution in [2.45, 2.75) is 31.5 Å². The fourth-order valence-corrected chi connectivity index (χ4v) is 2.90. The molecule has 3 rings (SSSR count). The SMILES string of the molecule is c1ccc(C[C@@H]2OCC[C@@H]3OCC[C@H]32)cc1. The van der Waals surface area contributed by atoms with Crippen LogP contribution in [-0.2, 0) is 15.9 Å². The van der Waals surface area contributed by atoms with Crippen LogP contribution in [0.5, 0.6) is 0 Å². The van der Waals surface area contributed by atoms with Gasteiger partial charge in [-0.2, -0.15) is 0 Å². The first kappa shape index (κ1) is 10.3. The summed E-state index contributed by atoms with van der Waals surface area (Å²) in [5.41, 5.74) is 1.38. The zero-order chi connectivity index (χ0) is 10.8. The van der Waals surface area contributed by atoms with Crippen molar-refractivity contribution in [3.63, 3.8) is 0 Å². The second kappa shape index (κ2) is 4.56. The van der Waals surface area contributed by atoms with Gasteiger partial charge in [-0.1, -0.05) is 30.3 Å². The lowest BCUT2D eigenvalue weighted by atomic mass is 9.87. The summed E-state index contributed by atoms with van der Waals surface area (Å²) in [6, 6.07) is 10.6. The minimum absolute atomic E-state index is 0.364. The normalized spacial score (nSPS) is 33.6. The average Bonchev–Trinajstić information content (AvgIpc) is 2.80. The second-order valence-corrected chi connectivity index (χ2v) is 4.75.